The maximum Gasteiger partial charge on any atom is 0.230 e. The zero-order valence-corrected chi connectivity index (χ0v) is 15.4. The van der Waals surface area contributed by atoms with Gasteiger partial charge in [0.25, 0.3) is 0 Å². The summed E-state index contributed by atoms with van der Waals surface area (Å²) in [4.78, 5) is 13.0. The summed E-state index contributed by atoms with van der Waals surface area (Å²) in [6.07, 6.45) is 4.86. The lowest BCUT2D eigenvalue weighted by atomic mass is 9.68. The quantitative estimate of drug-likeness (QED) is 0.693. The number of hydrogen-bond acceptors (Lipinski definition) is 5. The lowest BCUT2D eigenvalue weighted by Gasteiger charge is -2.37. The Morgan fingerprint density at radius 2 is 1.76 bits per heavy atom. The Hall–Kier alpha value is -1.79. The van der Waals surface area contributed by atoms with E-state index in [1.54, 1.807) is 14.2 Å². The van der Waals surface area contributed by atoms with Crippen molar-refractivity contribution in [1.29, 1.82) is 0 Å². The van der Waals surface area contributed by atoms with E-state index in [1.807, 2.05) is 25.1 Å². The zero-order chi connectivity index (χ0) is 18.1. The molecule has 0 spiro atoms. The Labute approximate surface area is 149 Å². The highest BCUT2D eigenvalue weighted by Gasteiger charge is 2.43. The number of nitrogens with one attached hydrogen (secondary N) is 1. The van der Waals surface area contributed by atoms with Crippen LogP contribution < -0.4 is 14.8 Å². The summed E-state index contributed by atoms with van der Waals surface area (Å²) in [5.74, 6) is 1.34. The summed E-state index contributed by atoms with van der Waals surface area (Å²) in [5.41, 5.74) is 0.344. The number of likely N-dealkylation sites (N-methyl/N-ethyl adjacent to an activating group) is 1. The van der Waals surface area contributed by atoms with Gasteiger partial charge in [-0.2, -0.15) is 0 Å². The van der Waals surface area contributed by atoms with Crippen LogP contribution in [0.2, 0.25) is 0 Å². The molecule has 140 valence electrons. The van der Waals surface area contributed by atoms with Crippen molar-refractivity contribution in [3.63, 3.8) is 0 Å². The second-order valence-corrected chi connectivity index (χ2v) is 6.26. The van der Waals surface area contributed by atoms with Gasteiger partial charge < -0.3 is 24.3 Å². The molecule has 6 heteroatoms. The molecule has 6 nitrogen and oxygen atoms in total. The van der Waals surface area contributed by atoms with Gasteiger partial charge in [-0.25, -0.2) is 0 Å². The van der Waals surface area contributed by atoms with E-state index < -0.39 is 5.41 Å². The van der Waals surface area contributed by atoms with Crippen LogP contribution in [0.4, 0.5) is 0 Å². The second-order valence-electron chi connectivity index (χ2n) is 6.26. The van der Waals surface area contributed by atoms with E-state index in [4.69, 9.17) is 18.9 Å². The predicted octanol–water partition coefficient (Wildman–Crippen LogP) is 2.99. The third-order valence-corrected chi connectivity index (χ3v) is 4.62. The van der Waals surface area contributed by atoms with Crippen LogP contribution in [0.3, 0.4) is 0 Å². The molecule has 1 aromatic carbocycles. The summed E-state index contributed by atoms with van der Waals surface area (Å²) in [5, 5.41) is 3.01. The maximum absolute atomic E-state index is 13.0. The molecule has 1 aliphatic rings. The minimum Gasteiger partial charge on any atom is -0.467 e. The van der Waals surface area contributed by atoms with Gasteiger partial charge in [0.1, 0.15) is 11.5 Å². The van der Waals surface area contributed by atoms with Crippen LogP contribution in [0.25, 0.3) is 0 Å². The van der Waals surface area contributed by atoms with Crippen molar-refractivity contribution in [3.8, 4) is 11.5 Å². The van der Waals surface area contributed by atoms with Crippen LogP contribution in [-0.2, 0) is 19.7 Å². The predicted molar refractivity (Wildman–Crippen MR) is 94.9 cm³/mol. The zero-order valence-electron chi connectivity index (χ0n) is 15.4. The summed E-state index contributed by atoms with van der Waals surface area (Å²) >= 11 is 0. The molecule has 1 aromatic rings. The number of rotatable bonds is 9. The number of ether oxygens (including phenoxy) is 4. The average molecular weight is 351 g/mol. The Balaban J connectivity index is 2.41. The van der Waals surface area contributed by atoms with Crippen molar-refractivity contribution in [1.82, 2.24) is 5.32 Å². The van der Waals surface area contributed by atoms with Crippen molar-refractivity contribution in [2.75, 3.05) is 34.4 Å². The molecule has 0 unspecified atom stereocenters. The third kappa shape index (κ3) is 4.64. The standard InChI is InChI=1S/C19H29NO5/c1-4-20-18(21)19(10-6-5-7-11-19)16-9-8-15(24-13-22-2)12-17(16)25-14-23-3/h8-9,12H,4-7,10-11,13-14H2,1-3H3,(H,20,21). The van der Waals surface area contributed by atoms with Gasteiger partial charge in [-0.1, -0.05) is 25.3 Å². The number of methoxy groups -OCH3 is 2. The summed E-state index contributed by atoms with van der Waals surface area (Å²) < 4.78 is 21.3. The summed E-state index contributed by atoms with van der Waals surface area (Å²) in [6.45, 7) is 2.83. The van der Waals surface area contributed by atoms with Gasteiger partial charge >= 0.3 is 0 Å². The summed E-state index contributed by atoms with van der Waals surface area (Å²) in [7, 11) is 3.15. The van der Waals surface area contributed by atoms with Crippen molar-refractivity contribution < 1.29 is 23.7 Å². The monoisotopic (exact) mass is 351 g/mol. The third-order valence-electron chi connectivity index (χ3n) is 4.62. The molecular formula is C19H29NO5. The normalized spacial score (nSPS) is 16.3. The number of amides is 1. The van der Waals surface area contributed by atoms with Crippen LogP contribution in [0, 0.1) is 0 Å². The van der Waals surface area contributed by atoms with Crippen molar-refractivity contribution in [2.24, 2.45) is 0 Å². The second kappa shape index (κ2) is 9.63. The highest BCUT2D eigenvalue weighted by molar-refractivity contribution is 5.89. The van der Waals surface area contributed by atoms with Crippen LogP contribution >= 0.6 is 0 Å². The molecule has 1 fully saturated rings. The fourth-order valence-corrected chi connectivity index (χ4v) is 3.46. The largest absolute Gasteiger partial charge is 0.467 e. The Morgan fingerprint density at radius 3 is 2.40 bits per heavy atom. The Morgan fingerprint density at radius 1 is 1.08 bits per heavy atom. The fourth-order valence-electron chi connectivity index (χ4n) is 3.46. The minimum absolute atomic E-state index is 0.0718. The van der Waals surface area contributed by atoms with E-state index in [1.165, 1.54) is 0 Å². The van der Waals surface area contributed by atoms with Gasteiger partial charge in [0.2, 0.25) is 5.91 Å². The molecule has 0 atom stereocenters. The van der Waals surface area contributed by atoms with Crippen LogP contribution in [0.1, 0.15) is 44.6 Å². The van der Waals surface area contributed by atoms with E-state index in [2.05, 4.69) is 5.32 Å². The van der Waals surface area contributed by atoms with Crippen LogP contribution in [-0.4, -0.2) is 40.3 Å². The van der Waals surface area contributed by atoms with Gasteiger partial charge in [0.15, 0.2) is 13.6 Å². The first-order valence-corrected chi connectivity index (χ1v) is 8.84. The SMILES string of the molecule is CCNC(=O)C1(c2ccc(OCOC)cc2OCOC)CCCCC1. The molecule has 1 saturated carbocycles. The maximum atomic E-state index is 13.0. The Kier molecular flexibility index (Phi) is 7.52. The average Bonchev–Trinajstić information content (AvgIpc) is 2.65. The molecular weight excluding hydrogens is 322 g/mol. The molecule has 1 amide bonds. The molecule has 0 aromatic heterocycles. The molecule has 0 heterocycles. The lowest BCUT2D eigenvalue weighted by Crippen LogP contribution is -2.46. The van der Waals surface area contributed by atoms with E-state index in [-0.39, 0.29) is 19.5 Å². The highest BCUT2D eigenvalue weighted by Crippen LogP contribution is 2.44. The van der Waals surface area contributed by atoms with Crippen molar-refractivity contribution in [2.45, 2.75) is 44.4 Å². The van der Waals surface area contributed by atoms with Gasteiger partial charge in [0.05, 0.1) is 5.41 Å². The van der Waals surface area contributed by atoms with E-state index >= 15 is 0 Å². The summed E-state index contributed by atoms with van der Waals surface area (Å²) in [6, 6.07) is 5.61. The van der Waals surface area contributed by atoms with Gasteiger partial charge in [-0.05, 0) is 25.8 Å². The number of hydrogen-bond donors (Lipinski definition) is 1. The smallest absolute Gasteiger partial charge is 0.230 e. The van der Waals surface area contributed by atoms with Gasteiger partial charge in [-0.15, -0.1) is 0 Å². The first-order chi connectivity index (χ1) is 12.2. The fraction of sp³-hybridized carbons (Fsp3) is 0.632. The highest BCUT2D eigenvalue weighted by atomic mass is 16.7. The number of carbonyl (C=O) groups excluding carboxylic acids is 1. The number of benzene rings is 1. The number of carbonyl (C=O) groups is 1. The van der Waals surface area contributed by atoms with E-state index in [0.717, 1.165) is 37.7 Å². The van der Waals surface area contributed by atoms with Crippen molar-refractivity contribution >= 4 is 5.91 Å². The topological polar surface area (TPSA) is 66.0 Å². The molecule has 1 aliphatic carbocycles. The molecule has 0 bridgehead atoms. The molecule has 0 radical (unpaired) electrons. The van der Waals surface area contributed by atoms with Crippen molar-refractivity contribution in [3.05, 3.63) is 23.8 Å². The van der Waals surface area contributed by atoms with E-state index in [0.29, 0.717) is 18.0 Å². The lowest BCUT2D eigenvalue weighted by molar-refractivity contribution is -0.128. The van der Waals surface area contributed by atoms with Gasteiger partial charge in [-0.3, -0.25) is 4.79 Å². The molecule has 0 saturated heterocycles. The van der Waals surface area contributed by atoms with E-state index in [9.17, 15) is 4.79 Å². The minimum atomic E-state index is -0.558. The molecule has 25 heavy (non-hydrogen) atoms. The Bertz CT molecular complexity index is 555. The molecule has 0 aliphatic heterocycles. The van der Waals surface area contributed by atoms with Crippen LogP contribution in [0.15, 0.2) is 18.2 Å². The molecule has 1 N–H and O–H groups in total. The molecule has 2 rings (SSSR count). The first kappa shape index (κ1) is 19.5. The first-order valence-electron chi connectivity index (χ1n) is 8.84. The van der Waals surface area contributed by atoms with Crippen LogP contribution in [0.5, 0.6) is 11.5 Å². The van der Waals surface area contributed by atoms with Gasteiger partial charge in [0, 0.05) is 32.4 Å².